The molecule has 0 bridgehead atoms. The van der Waals surface area contributed by atoms with Gasteiger partial charge in [0.25, 0.3) is 11.8 Å². The van der Waals surface area contributed by atoms with Crippen molar-refractivity contribution in [1.82, 2.24) is 9.91 Å². The summed E-state index contributed by atoms with van der Waals surface area (Å²) in [5.41, 5.74) is 3.13. The second-order valence-electron chi connectivity index (χ2n) is 13.4. The molecule has 0 radical (unpaired) electrons. The Morgan fingerprint density at radius 1 is 0.923 bits per heavy atom. The van der Waals surface area contributed by atoms with Crippen LogP contribution in [0.1, 0.15) is 34.8 Å². The fourth-order valence-electron chi connectivity index (χ4n) is 8.94. The number of phenols is 1. The zero-order valence-electron chi connectivity index (χ0n) is 28.0. The number of thiophene rings is 1. The highest BCUT2D eigenvalue weighted by atomic mass is 35.5. The predicted octanol–water partition coefficient (Wildman–Crippen LogP) is 6.96. The van der Waals surface area contributed by atoms with Crippen LogP contribution in [0.25, 0.3) is 0 Å². The fourth-order valence-corrected chi connectivity index (χ4v) is 10.1. The van der Waals surface area contributed by atoms with Crippen LogP contribution in [-0.2, 0) is 31.1 Å². The molecule has 4 aromatic rings. The summed E-state index contributed by atoms with van der Waals surface area (Å²) in [5, 5.41) is 15.2. The van der Waals surface area contributed by atoms with E-state index >= 15 is 4.79 Å². The van der Waals surface area contributed by atoms with Crippen LogP contribution in [0.3, 0.4) is 0 Å². The number of amides is 4. The number of allylic oxidation sites excluding steroid dienone is 2. The van der Waals surface area contributed by atoms with Gasteiger partial charge in [0.05, 0.1) is 54.6 Å². The standard InChI is InChI=1S/C39H33Cl2N3O7S/c1-50-22-11-8-20(9-12-22)39-27(36(47)44(38(39)49)42-29-15-10-21(40)17-28(29)41)18-26-24(34(39)33-30(45)6-3-7-31(33)51-2)13-14-25-32(26)37(48)43(35(25)46)19-23-5-4-16-52-23/h3-13,15-17,25-27,32,34,42,45H,14,18-19H2,1-2H3/t25-,26+,27-,32-,34+,39+/m0/s1. The van der Waals surface area contributed by atoms with Gasteiger partial charge in [0.1, 0.15) is 17.2 Å². The van der Waals surface area contributed by atoms with E-state index in [4.69, 9.17) is 32.7 Å². The molecule has 10 nitrogen and oxygen atoms in total. The van der Waals surface area contributed by atoms with Crippen LogP contribution in [0.15, 0.2) is 89.8 Å². The van der Waals surface area contributed by atoms with E-state index in [-0.39, 0.29) is 47.7 Å². The molecule has 3 heterocycles. The highest BCUT2D eigenvalue weighted by Crippen LogP contribution is 2.66. The molecule has 1 saturated carbocycles. The average molecular weight is 759 g/mol. The maximum absolute atomic E-state index is 15.4. The number of hydrazine groups is 1. The number of carbonyl (C=O) groups excluding carboxylic acids is 4. The van der Waals surface area contributed by atoms with Gasteiger partial charge in [-0.15, -0.1) is 11.3 Å². The van der Waals surface area contributed by atoms with Crippen LogP contribution in [0, 0.1) is 23.7 Å². The summed E-state index contributed by atoms with van der Waals surface area (Å²) in [6, 6.07) is 20.3. The molecular weight excluding hydrogens is 725 g/mol. The third-order valence-electron chi connectivity index (χ3n) is 11.1. The van der Waals surface area contributed by atoms with Crippen molar-refractivity contribution in [3.05, 3.63) is 116 Å². The van der Waals surface area contributed by atoms with Crippen LogP contribution in [0.2, 0.25) is 10.0 Å². The Bertz CT molecular complexity index is 2160. The van der Waals surface area contributed by atoms with Crippen molar-refractivity contribution in [2.45, 2.75) is 30.7 Å². The fraction of sp³-hybridized carbons (Fsp3) is 0.282. The number of likely N-dealkylation sites (tertiary alicyclic amines) is 1. The van der Waals surface area contributed by atoms with Crippen LogP contribution in [-0.4, -0.2) is 52.9 Å². The van der Waals surface area contributed by atoms with E-state index in [1.807, 2.05) is 23.6 Å². The maximum atomic E-state index is 15.4. The third kappa shape index (κ3) is 5.04. The number of rotatable bonds is 8. The Kier molecular flexibility index (Phi) is 8.55. The highest BCUT2D eigenvalue weighted by Gasteiger charge is 2.71. The van der Waals surface area contributed by atoms with Gasteiger partial charge < -0.3 is 14.6 Å². The van der Waals surface area contributed by atoms with Gasteiger partial charge in [-0.1, -0.05) is 59.1 Å². The van der Waals surface area contributed by atoms with Gasteiger partial charge in [0.15, 0.2) is 0 Å². The molecule has 266 valence electrons. The number of phenolic OH excluding ortho intramolecular Hbond substituents is 1. The minimum atomic E-state index is -1.64. The minimum absolute atomic E-state index is 0.0917. The quantitative estimate of drug-likeness (QED) is 0.146. The second-order valence-corrected chi connectivity index (χ2v) is 15.3. The first-order chi connectivity index (χ1) is 25.1. The Morgan fingerprint density at radius 2 is 1.71 bits per heavy atom. The summed E-state index contributed by atoms with van der Waals surface area (Å²) in [4.78, 5) is 60.8. The van der Waals surface area contributed by atoms with E-state index in [9.17, 15) is 19.5 Å². The lowest BCUT2D eigenvalue weighted by Crippen LogP contribution is -2.53. The summed E-state index contributed by atoms with van der Waals surface area (Å²) in [7, 11) is 3.01. The number of carbonyl (C=O) groups is 4. The van der Waals surface area contributed by atoms with Crippen molar-refractivity contribution in [2.24, 2.45) is 23.7 Å². The van der Waals surface area contributed by atoms with Crippen LogP contribution in [0.5, 0.6) is 17.2 Å². The van der Waals surface area contributed by atoms with Gasteiger partial charge in [-0.25, -0.2) is 0 Å². The van der Waals surface area contributed by atoms with E-state index < -0.39 is 46.8 Å². The normalized spacial score (nSPS) is 26.5. The van der Waals surface area contributed by atoms with Gasteiger partial charge in [-0.05, 0) is 78.2 Å². The number of halogens is 2. The van der Waals surface area contributed by atoms with Gasteiger partial charge in [-0.2, -0.15) is 5.01 Å². The van der Waals surface area contributed by atoms with Gasteiger partial charge in [-0.3, -0.25) is 29.5 Å². The number of benzene rings is 3. The molecule has 0 unspecified atom stereocenters. The number of fused-ring (bicyclic) bond motifs is 4. The van der Waals surface area contributed by atoms with Crippen LogP contribution in [0.4, 0.5) is 5.69 Å². The molecule has 4 aliphatic rings. The second kappa shape index (κ2) is 13.0. The minimum Gasteiger partial charge on any atom is -0.508 e. The van der Waals surface area contributed by atoms with Crippen LogP contribution < -0.4 is 14.9 Å². The zero-order valence-corrected chi connectivity index (χ0v) is 30.4. The van der Waals surface area contributed by atoms with Crippen molar-refractivity contribution in [3.63, 3.8) is 0 Å². The topological polar surface area (TPSA) is 125 Å². The molecule has 3 aromatic carbocycles. The van der Waals surface area contributed by atoms with Crippen molar-refractivity contribution in [2.75, 3.05) is 19.6 Å². The number of aromatic hydroxyl groups is 1. The largest absolute Gasteiger partial charge is 0.508 e. The Morgan fingerprint density at radius 3 is 2.40 bits per heavy atom. The number of anilines is 1. The van der Waals surface area contributed by atoms with E-state index in [0.717, 1.165) is 9.89 Å². The maximum Gasteiger partial charge on any atom is 0.260 e. The number of hydrogen-bond donors (Lipinski definition) is 2. The number of imide groups is 2. The first-order valence-electron chi connectivity index (χ1n) is 16.8. The van der Waals surface area contributed by atoms with E-state index in [1.54, 1.807) is 48.5 Å². The molecule has 3 fully saturated rings. The number of nitrogens with one attached hydrogen (secondary N) is 1. The number of nitrogens with zero attached hydrogens (tertiary/aromatic N) is 2. The van der Waals surface area contributed by atoms with E-state index in [2.05, 4.69) is 5.43 Å². The monoisotopic (exact) mass is 757 g/mol. The number of ether oxygens (including phenoxy) is 2. The Labute approximate surface area is 313 Å². The molecule has 8 rings (SSSR count). The molecule has 6 atom stereocenters. The first kappa shape index (κ1) is 34.3. The lowest BCUT2D eigenvalue weighted by molar-refractivity contribution is -0.141. The van der Waals surface area contributed by atoms with Gasteiger partial charge >= 0.3 is 0 Å². The van der Waals surface area contributed by atoms with Crippen molar-refractivity contribution in [3.8, 4) is 17.2 Å². The summed E-state index contributed by atoms with van der Waals surface area (Å²) >= 11 is 14.2. The summed E-state index contributed by atoms with van der Waals surface area (Å²) in [6.45, 7) is 0.164. The van der Waals surface area contributed by atoms with Gasteiger partial charge in [0, 0.05) is 21.4 Å². The summed E-state index contributed by atoms with van der Waals surface area (Å²) < 4.78 is 11.3. The lowest BCUT2D eigenvalue weighted by atomic mass is 9.49. The molecule has 1 aromatic heterocycles. The lowest BCUT2D eigenvalue weighted by Gasteiger charge is -2.50. The molecule has 0 spiro atoms. The molecule has 2 aliphatic carbocycles. The van der Waals surface area contributed by atoms with Gasteiger partial charge in [0.2, 0.25) is 11.8 Å². The molecule has 13 heteroatoms. The molecular formula is C39H33Cl2N3O7S. The van der Waals surface area contributed by atoms with Crippen molar-refractivity contribution < 1.29 is 33.8 Å². The zero-order chi connectivity index (χ0) is 36.5. The molecule has 52 heavy (non-hydrogen) atoms. The SMILES string of the molecule is COc1ccc([C@@]23C(=O)N(Nc4ccc(Cl)cc4Cl)C(=O)[C@@H]2C[C@@H]2C(=CC[C@@H]4C(=O)N(Cc5cccs5)C(=O)[C@@H]42)[C@@H]3c2c(O)cccc2OC)cc1. The van der Waals surface area contributed by atoms with E-state index in [1.165, 1.54) is 42.6 Å². The average Bonchev–Trinajstić information content (AvgIpc) is 3.81. The Hall–Kier alpha value is -4.84. The molecule has 2 aliphatic heterocycles. The Balaban J connectivity index is 1.34. The third-order valence-corrected chi connectivity index (χ3v) is 12.5. The summed E-state index contributed by atoms with van der Waals surface area (Å²) in [5.74, 6) is -5.00. The molecule has 4 amide bonds. The smallest absolute Gasteiger partial charge is 0.260 e. The predicted molar refractivity (Wildman–Crippen MR) is 195 cm³/mol. The van der Waals surface area contributed by atoms with Crippen molar-refractivity contribution in [1.29, 1.82) is 0 Å². The first-order valence-corrected chi connectivity index (χ1v) is 18.4. The van der Waals surface area contributed by atoms with E-state index in [0.29, 0.717) is 33.2 Å². The molecule has 2 N–H and O–H groups in total. The number of hydrogen-bond acceptors (Lipinski definition) is 9. The highest BCUT2D eigenvalue weighted by molar-refractivity contribution is 7.09. The number of methoxy groups -OCH3 is 2. The van der Waals surface area contributed by atoms with Crippen molar-refractivity contribution >= 4 is 63.9 Å². The van der Waals surface area contributed by atoms with Crippen LogP contribution >= 0.6 is 34.5 Å². The summed E-state index contributed by atoms with van der Waals surface area (Å²) in [6.07, 6.45) is 2.28. The molecule has 2 saturated heterocycles.